The van der Waals surface area contributed by atoms with Gasteiger partial charge < -0.3 is 15.5 Å². The number of amides is 3. The van der Waals surface area contributed by atoms with Gasteiger partial charge in [0, 0.05) is 24.7 Å². The van der Waals surface area contributed by atoms with Crippen LogP contribution in [0.3, 0.4) is 0 Å². The Hall–Kier alpha value is -3.93. The first kappa shape index (κ1) is 21.8. The average molecular weight is 415 g/mol. The number of nitrogens with zero attached hydrogens (tertiary/aromatic N) is 1. The van der Waals surface area contributed by atoms with Gasteiger partial charge in [0.25, 0.3) is 5.91 Å². The van der Waals surface area contributed by atoms with Crippen LogP contribution in [0.4, 0.5) is 5.69 Å². The molecule has 3 rings (SSSR count). The van der Waals surface area contributed by atoms with E-state index in [4.69, 9.17) is 0 Å². The Balaban J connectivity index is 1.68. The predicted octanol–water partition coefficient (Wildman–Crippen LogP) is 2.81. The van der Waals surface area contributed by atoms with Crippen molar-refractivity contribution in [2.24, 2.45) is 0 Å². The van der Waals surface area contributed by atoms with Crippen molar-refractivity contribution < 1.29 is 14.4 Å². The quantitative estimate of drug-likeness (QED) is 0.594. The summed E-state index contributed by atoms with van der Waals surface area (Å²) in [6.45, 7) is -0.221. The smallest absolute Gasteiger partial charge is 0.251 e. The monoisotopic (exact) mass is 415 g/mol. The van der Waals surface area contributed by atoms with Crippen LogP contribution in [-0.2, 0) is 16.0 Å². The standard InChI is InChI=1S/C25H25N3O3/c1-28(21-15-9-4-10-16-21)25(31)22(17-19-11-5-2-6-12-19)27-23(29)18-26-24(30)20-13-7-3-8-14-20/h2-16,22H,17-18H2,1H3,(H,26,30)(H,27,29). The number of anilines is 1. The van der Waals surface area contributed by atoms with Crippen molar-refractivity contribution in [3.05, 3.63) is 102 Å². The summed E-state index contributed by atoms with van der Waals surface area (Å²) in [5.74, 6) is -1.01. The van der Waals surface area contributed by atoms with E-state index in [0.29, 0.717) is 12.0 Å². The molecule has 6 heteroatoms. The van der Waals surface area contributed by atoms with E-state index in [9.17, 15) is 14.4 Å². The van der Waals surface area contributed by atoms with Crippen LogP contribution in [0.25, 0.3) is 0 Å². The molecule has 0 heterocycles. The van der Waals surface area contributed by atoms with Crippen LogP contribution in [-0.4, -0.2) is 37.4 Å². The Morgan fingerprint density at radius 3 is 1.97 bits per heavy atom. The Kier molecular flexibility index (Phi) is 7.54. The molecule has 3 aromatic carbocycles. The zero-order valence-corrected chi connectivity index (χ0v) is 17.3. The minimum atomic E-state index is -0.770. The van der Waals surface area contributed by atoms with Gasteiger partial charge in [0.2, 0.25) is 11.8 Å². The van der Waals surface area contributed by atoms with Crippen LogP contribution in [0.5, 0.6) is 0 Å². The second-order valence-electron chi connectivity index (χ2n) is 7.09. The van der Waals surface area contributed by atoms with Crippen molar-refractivity contribution in [1.82, 2.24) is 10.6 Å². The largest absolute Gasteiger partial charge is 0.343 e. The summed E-state index contributed by atoms with van der Waals surface area (Å²) in [6, 6.07) is 26.6. The van der Waals surface area contributed by atoms with E-state index in [1.807, 2.05) is 66.7 Å². The normalized spacial score (nSPS) is 11.3. The molecule has 31 heavy (non-hydrogen) atoms. The van der Waals surface area contributed by atoms with Crippen molar-refractivity contribution in [1.29, 1.82) is 0 Å². The maximum absolute atomic E-state index is 13.2. The highest BCUT2D eigenvalue weighted by molar-refractivity contribution is 6.00. The molecule has 1 unspecified atom stereocenters. The molecule has 0 fully saturated rings. The molecule has 0 spiro atoms. The van der Waals surface area contributed by atoms with E-state index in [0.717, 1.165) is 11.3 Å². The van der Waals surface area contributed by atoms with Crippen LogP contribution < -0.4 is 15.5 Å². The van der Waals surface area contributed by atoms with Gasteiger partial charge in [0.05, 0.1) is 6.54 Å². The van der Waals surface area contributed by atoms with Crippen LogP contribution in [0.15, 0.2) is 91.0 Å². The molecule has 0 saturated heterocycles. The minimum Gasteiger partial charge on any atom is -0.343 e. The first-order chi connectivity index (χ1) is 15.0. The number of likely N-dealkylation sites (N-methyl/N-ethyl adjacent to an activating group) is 1. The minimum absolute atomic E-state index is 0.221. The number of carbonyl (C=O) groups excluding carboxylic acids is 3. The number of carbonyl (C=O) groups is 3. The molecule has 158 valence electrons. The molecule has 0 aliphatic rings. The molecule has 0 radical (unpaired) electrons. The zero-order chi connectivity index (χ0) is 22.1. The number of nitrogens with one attached hydrogen (secondary N) is 2. The Morgan fingerprint density at radius 2 is 1.35 bits per heavy atom. The number of para-hydroxylation sites is 1. The SMILES string of the molecule is CN(C(=O)C(Cc1ccccc1)NC(=O)CNC(=O)c1ccccc1)c1ccccc1. The fourth-order valence-electron chi connectivity index (χ4n) is 3.16. The molecular formula is C25H25N3O3. The zero-order valence-electron chi connectivity index (χ0n) is 17.3. The van der Waals surface area contributed by atoms with Crippen LogP contribution >= 0.6 is 0 Å². The third kappa shape index (κ3) is 6.27. The highest BCUT2D eigenvalue weighted by atomic mass is 16.2. The van der Waals surface area contributed by atoms with Crippen LogP contribution in [0.1, 0.15) is 15.9 Å². The number of hydrogen-bond acceptors (Lipinski definition) is 3. The first-order valence-electron chi connectivity index (χ1n) is 10.0. The Bertz CT molecular complexity index is 1010. The number of benzene rings is 3. The topological polar surface area (TPSA) is 78.5 Å². The molecule has 0 aliphatic carbocycles. The first-order valence-corrected chi connectivity index (χ1v) is 10.0. The fraction of sp³-hybridized carbons (Fsp3) is 0.160. The highest BCUT2D eigenvalue weighted by Gasteiger charge is 2.25. The van der Waals surface area contributed by atoms with Crippen molar-refractivity contribution in [2.45, 2.75) is 12.5 Å². The maximum Gasteiger partial charge on any atom is 0.251 e. The molecule has 0 saturated carbocycles. The van der Waals surface area contributed by atoms with Crippen LogP contribution in [0, 0.1) is 0 Å². The lowest BCUT2D eigenvalue weighted by Gasteiger charge is -2.25. The van der Waals surface area contributed by atoms with Crippen molar-refractivity contribution >= 4 is 23.4 Å². The summed E-state index contributed by atoms with van der Waals surface area (Å²) in [5, 5.41) is 5.37. The van der Waals surface area contributed by atoms with Crippen molar-refractivity contribution in [3.8, 4) is 0 Å². The lowest BCUT2D eigenvalue weighted by atomic mass is 10.0. The highest BCUT2D eigenvalue weighted by Crippen LogP contribution is 2.14. The van der Waals surface area contributed by atoms with E-state index < -0.39 is 11.9 Å². The van der Waals surface area contributed by atoms with E-state index >= 15 is 0 Å². The van der Waals surface area contributed by atoms with Gasteiger partial charge in [-0.25, -0.2) is 0 Å². The summed E-state index contributed by atoms with van der Waals surface area (Å²) in [5.41, 5.74) is 2.13. The van der Waals surface area contributed by atoms with E-state index in [1.54, 1.807) is 31.3 Å². The van der Waals surface area contributed by atoms with Crippen LogP contribution in [0.2, 0.25) is 0 Å². The van der Waals surface area contributed by atoms with Gasteiger partial charge in [0.1, 0.15) is 6.04 Å². The molecule has 0 aromatic heterocycles. The maximum atomic E-state index is 13.2. The molecule has 2 N–H and O–H groups in total. The number of rotatable bonds is 8. The van der Waals surface area contributed by atoms with Crippen molar-refractivity contribution in [2.75, 3.05) is 18.5 Å². The lowest BCUT2D eigenvalue weighted by molar-refractivity contribution is -0.126. The summed E-state index contributed by atoms with van der Waals surface area (Å²) >= 11 is 0. The second-order valence-corrected chi connectivity index (χ2v) is 7.09. The molecule has 3 aromatic rings. The fourth-order valence-corrected chi connectivity index (χ4v) is 3.16. The predicted molar refractivity (Wildman–Crippen MR) is 121 cm³/mol. The molecule has 0 bridgehead atoms. The van der Waals surface area contributed by atoms with Gasteiger partial charge in [-0.2, -0.15) is 0 Å². The molecule has 0 aliphatic heterocycles. The third-order valence-corrected chi connectivity index (χ3v) is 4.84. The van der Waals surface area contributed by atoms with E-state index in [-0.39, 0.29) is 18.4 Å². The summed E-state index contributed by atoms with van der Waals surface area (Å²) in [4.78, 5) is 39.4. The summed E-state index contributed by atoms with van der Waals surface area (Å²) < 4.78 is 0. The van der Waals surface area contributed by atoms with Gasteiger partial charge in [-0.1, -0.05) is 66.7 Å². The third-order valence-electron chi connectivity index (χ3n) is 4.84. The van der Waals surface area contributed by atoms with Crippen molar-refractivity contribution in [3.63, 3.8) is 0 Å². The second kappa shape index (κ2) is 10.7. The van der Waals surface area contributed by atoms with E-state index in [1.165, 1.54) is 4.90 Å². The summed E-state index contributed by atoms with van der Waals surface area (Å²) in [6.07, 6.45) is 0.342. The van der Waals surface area contributed by atoms with Gasteiger partial charge in [-0.3, -0.25) is 14.4 Å². The molecule has 1 atom stereocenters. The average Bonchev–Trinajstić information content (AvgIpc) is 2.83. The van der Waals surface area contributed by atoms with Gasteiger partial charge in [-0.05, 0) is 29.8 Å². The van der Waals surface area contributed by atoms with Gasteiger partial charge in [-0.15, -0.1) is 0 Å². The van der Waals surface area contributed by atoms with Gasteiger partial charge >= 0.3 is 0 Å². The number of hydrogen-bond donors (Lipinski definition) is 2. The summed E-state index contributed by atoms with van der Waals surface area (Å²) in [7, 11) is 1.68. The van der Waals surface area contributed by atoms with E-state index in [2.05, 4.69) is 10.6 Å². The molecular weight excluding hydrogens is 390 g/mol. The molecule has 3 amide bonds. The molecule has 6 nitrogen and oxygen atoms in total. The van der Waals surface area contributed by atoms with Gasteiger partial charge in [0.15, 0.2) is 0 Å². The Labute approximate surface area is 181 Å². The lowest BCUT2D eigenvalue weighted by Crippen LogP contribution is -2.51. The Morgan fingerprint density at radius 1 is 0.806 bits per heavy atom.